The van der Waals surface area contributed by atoms with Gasteiger partial charge in [-0.2, -0.15) is 13.2 Å². The molecule has 37 heavy (non-hydrogen) atoms. The summed E-state index contributed by atoms with van der Waals surface area (Å²) >= 11 is 5.89. The van der Waals surface area contributed by atoms with Crippen molar-refractivity contribution in [3.63, 3.8) is 0 Å². The first-order valence-corrected chi connectivity index (χ1v) is 11.4. The number of hydrogen-bond donors (Lipinski definition) is 3. The van der Waals surface area contributed by atoms with Crippen LogP contribution >= 0.6 is 11.6 Å². The third kappa shape index (κ3) is 5.35. The summed E-state index contributed by atoms with van der Waals surface area (Å²) in [6, 6.07) is 15.5. The van der Waals surface area contributed by atoms with Crippen LogP contribution < -0.4 is 20.1 Å². The smallest absolute Gasteiger partial charge is 0.437 e. The maximum absolute atomic E-state index is 14.1. The molecule has 0 spiro atoms. The Bertz CT molecular complexity index is 1290. The van der Waals surface area contributed by atoms with Gasteiger partial charge in [-0.05, 0) is 35.4 Å². The molecule has 1 aliphatic heterocycles. The van der Waals surface area contributed by atoms with Crippen LogP contribution in [0.5, 0.6) is 11.5 Å². The zero-order valence-corrected chi connectivity index (χ0v) is 20.1. The van der Waals surface area contributed by atoms with Crippen LogP contribution in [-0.4, -0.2) is 35.9 Å². The lowest BCUT2D eigenvalue weighted by Gasteiger charge is -2.45. The van der Waals surface area contributed by atoms with E-state index in [4.69, 9.17) is 21.1 Å². The molecule has 3 atom stereocenters. The highest BCUT2D eigenvalue weighted by atomic mass is 35.5. The van der Waals surface area contributed by atoms with Crippen molar-refractivity contribution in [1.29, 1.82) is 0 Å². The van der Waals surface area contributed by atoms with Crippen molar-refractivity contribution in [2.24, 2.45) is 5.92 Å². The Balaban J connectivity index is 1.71. The molecule has 0 unspecified atom stereocenters. The number of Topliss-reactive ketones (excluding diaryl/α,β-unsaturated/α-hetero) is 1. The maximum atomic E-state index is 14.1. The maximum Gasteiger partial charge on any atom is 0.437 e. The molecule has 0 aliphatic carbocycles. The molecule has 1 aliphatic rings. The molecular weight excluding hydrogens is 513 g/mol. The molecule has 0 radical (unpaired) electrons. The Morgan fingerprint density at radius 3 is 2.35 bits per heavy atom. The summed E-state index contributed by atoms with van der Waals surface area (Å²) in [5.74, 6) is -2.74. The van der Waals surface area contributed by atoms with Gasteiger partial charge < -0.3 is 25.2 Å². The van der Waals surface area contributed by atoms with Crippen LogP contribution in [0.15, 0.2) is 72.8 Å². The van der Waals surface area contributed by atoms with E-state index in [1.807, 2.05) is 0 Å². The van der Waals surface area contributed by atoms with E-state index in [0.717, 1.165) is 5.56 Å². The molecule has 11 heteroatoms. The van der Waals surface area contributed by atoms with E-state index in [-0.39, 0.29) is 29.2 Å². The van der Waals surface area contributed by atoms with Crippen molar-refractivity contribution in [1.82, 2.24) is 10.6 Å². The summed E-state index contributed by atoms with van der Waals surface area (Å²) in [5.41, 5.74) is -2.98. The SMILES string of the molecule is COc1cc([C@@H]2NC(=O)N[C@](O)(C(F)(F)F)[C@H]2C(=O)c2ccccc2)ccc1OCc1ccc(Cl)cc1. The van der Waals surface area contributed by atoms with Gasteiger partial charge in [0.25, 0.3) is 0 Å². The fraction of sp³-hybridized carbons (Fsp3) is 0.231. The summed E-state index contributed by atoms with van der Waals surface area (Å²) in [6.45, 7) is 0.153. The van der Waals surface area contributed by atoms with Gasteiger partial charge in [0, 0.05) is 10.6 Å². The van der Waals surface area contributed by atoms with Crippen molar-refractivity contribution in [3.05, 3.63) is 94.5 Å². The molecule has 1 heterocycles. The first-order valence-electron chi connectivity index (χ1n) is 11.1. The minimum Gasteiger partial charge on any atom is -0.493 e. The number of methoxy groups -OCH3 is 1. The Morgan fingerprint density at radius 2 is 1.73 bits per heavy atom. The molecule has 0 aromatic heterocycles. The fourth-order valence-electron chi connectivity index (χ4n) is 4.14. The van der Waals surface area contributed by atoms with E-state index < -0.39 is 35.7 Å². The Kier molecular flexibility index (Phi) is 7.33. The van der Waals surface area contributed by atoms with E-state index >= 15 is 0 Å². The lowest BCUT2D eigenvalue weighted by Crippen LogP contribution is -2.72. The average molecular weight is 535 g/mol. The van der Waals surface area contributed by atoms with Crippen molar-refractivity contribution in [2.45, 2.75) is 24.6 Å². The zero-order chi connectivity index (χ0) is 26.8. The highest BCUT2D eigenvalue weighted by Crippen LogP contribution is 2.45. The summed E-state index contributed by atoms with van der Waals surface area (Å²) < 4.78 is 53.5. The van der Waals surface area contributed by atoms with Gasteiger partial charge in [0.2, 0.25) is 5.72 Å². The topological polar surface area (TPSA) is 96.9 Å². The second kappa shape index (κ2) is 10.3. The van der Waals surface area contributed by atoms with Gasteiger partial charge in [0.1, 0.15) is 12.5 Å². The molecule has 0 bridgehead atoms. The highest BCUT2D eigenvalue weighted by Gasteiger charge is 2.66. The summed E-state index contributed by atoms with van der Waals surface area (Å²) in [7, 11) is 1.34. The lowest BCUT2D eigenvalue weighted by atomic mass is 9.77. The number of ketones is 1. The van der Waals surface area contributed by atoms with Crippen LogP contribution in [-0.2, 0) is 6.61 Å². The molecule has 4 rings (SSSR count). The monoisotopic (exact) mass is 534 g/mol. The van der Waals surface area contributed by atoms with Crippen LogP contribution in [0.3, 0.4) is 0 Å². The van der Waals surface area contributed by atoms with Crippen LogP contribution in [0.2, 0.25) is 5.02 Å². The van der Waals surface area contributed by atoms with E-state index in [1.165, 1.54) is 54.9 Å². The van der Waals surface area contributed by atoms with E-state index in [2.05, 4.69) is 5.32 Å². The predicted octanol–water partition coefficient (Wildman–Crippen LogP) is 5.03. The Hall–Kier alpha value is -3.76. The number of urea groups is 1. The van der Waals surface area contributed by atoms with Crippen molar-refractivity contribution >= 4 is 23.4 Å². The number of halogens is 4. The Labute approximate surface area is 215 Å². The lowest BCUT2D eigenvalue weighted by molar-refractivity contribution is -0.287. The van der Waals surface area contributed by atoms with Crippen LogP contribution in [0, 0.1) is 5.92 Å². The number of benzene rings is 3. The number of ether oxygens (including phenoxy) is 2. The number of carbonyl (C=O) groups excluding carboxylic acids is 2. The van der Waals surface area contributed by atoms with Gasteiger partial charge in [-0.25, -0.2) is 4.79 Å². The Morgan fingerprint density at radius 1 is 1.05 bits per heavy atom. The van der Waals surface area contributed by atoms with E-state index in [9.17, 15) is 27.9 Å². The number of carbonyl (C=O) groups is 2. The quantitative estimate of drug-likeness (QED) is 0.369. The summed E-state index contributed by atoms with van der Waals surface area (Å²) in [4.78, 5) is 25.6. The molecule has 194 valence electrons. The minimum absolute atomic E-state index is 0.0620. The van der Waals surface area contributed by atoms with Crippen LogP contribution in [0.4, 0.5) is 18.0 Å². The number of amides is 2. The number of hydrogen-bond acceptors (Lipinski definition) is 5. The van der Waals surface area contributed by atoms with Gasteiger partial charge in [0.15, 0.2) is 17.3 Å². The van der Waals surface area contributed by atoms with Crippen LogP contribution in [0.25, 0.3) is 0 Å². The molecule has 1 fully saturated rings. The van der Waals surface area contributed by atoms with Gasteiger partial charge in [-0.1, -0.05) is 60.1 Å². The average Bonchev–Trinajstić information content (AvgIpc) is 2.87. The third-order valence-corrected chi connectivity index (χ3v) is 6.25. The molecule has 7 nitrogen and oxygen atoms in total. The molecule has 0 saturated carbocycles. The van der Waals surface area contributed by atoms with Gasteiger partial charge in [-0.15, -0.1) is 0 Å². The van der Waals surface area contributed by atoms with E-state index in [1.54, 1.807) is 30.3 Å². The van der Waals surface area contributed by atoms with Gasteiger partial charge >= 0.3 is 12.2 Å². The second-order valence-electron chi connectivity index (χ2n) is 8.37. The molecule has 1 saturated heterocycles. The second-order valence-corrected chi connectivity index (χ2v) is 8.81. The molecule has 2 amide bonds. The van der Waals surface area contributed by atoms with Crippen molar-refractivity contribution in [2.75, 3.05) is 7.11 Å². The molecular formula is C26H22ClF3N2O5. The van der Waals surface area contributed by atoms with Gasteiger partial charge in [-0.3, -0.25) is 4.79 Å². The summed E-state index contributed by atoms with van der Waals surface area (Å²) in [6.07, 6.45) is -5.36. The van der Waals surface area contributed by atoms with Crippen LogP contribution in [0.1, 0.15) is 27.5 Å². The predicted molar refractivity (Wildman–Crippen MR) is 128 cm³/mol. The first-order chi connectivity index (χ1) is 17.5. The molecule has 3 N–H and O–H groups in total. The van der Waals surface area contributed by atoms with Crippen molar-refractivity contribution < 1.29 is 37.3 Å². The number of alkyl halides is 3. The minimum atomic E-state index is -5.36. The third-order valence-electron chi connectivity index (χ3n) is 6.00. The number of rotatable bonds is 7. The first kappa shape index (κ1) is 26.3. The largest absolute Gasteiger partial charge is 0.493 e. The van der Waals surface area contributed by atoms with E-state index in [0.29, 0.717) is 5.02 Å². The summed E-state index contributed by atoms with van der Waals surface area (Å²) in [5, 5.41) is 15.2. The molecule has 3 aromatic carbocycles. The normalized spacial score (nSPS) is 21.5. The molecule has 3 aromatic rings. The fourth-order valence-corrected chi connectivity index (χ4v) is 4.26. The van der Waals surface area contributed by atoms with Gasteiger partial charge in [0.05, 0.1) is 13.2 Å². The zero-order valence-electron chi connectivity index (χ0n) is 19.4. The van der Waals surface area contributed by atoms with Crippen molar-refractivity contribution in [3.8, 4) is 11.5 Å². The highest BCUT2D eigenvalue weighted by molar-refractivity contribution is 6.30. The number of nitrogens with one attached hydrogen (secondary N) is 2. The number of aliphatic hydroxyl groups is 1. The standard InChI is InChI=1S/C26H22ClF3N2O5/c1-36-20-13-17(9-12-19(20)37-14-15-7-10-18(27)11-8-15)22-21(23(33)16-5-3-2-4-6-16)25(35,26(28,29)30)32-24(34)31-22/h2-13,21-22,35H,14H2,1H3,(H2,31,32,34)/t21-,22+,25-/m1/s1.